The van der Waals surface area contributed by atoms with Gasteiger partial charge in [0.1, 0.15) is 18.1 Å². The Morgan fingerprint density at radius 1 is 1.03 bits per heavy atom. The van der Waals surface area contributed by atoms with E-state index in [4.69, 9.17) is 17.2 Å². The van der Waals surface area contributed by atoms with Gasteiger partial charge in [-0.1, -0.05) is 0 Å². The van der Waals surface area contributed by atoms with E-state index >= 15 is 0 Å². The molecule has 0 saturated heterocycles. The molecular weight excluding hydrogens is 402 g/mol. The smallest absolute Gasteiger partial charge is 0.326 e. The van der Waals surface area contributed by atoms with Crippen LogP contribution in [0.1, 0.15) is 26.2 Å². The van der Waals surface area contributed by atoms with Crippen LogP contribution < -0.4 is 33.2 Å². The molecule has 0 aliphatic heterocycles. The van der Waals surface area contributed by atoms with Gasteiger partial charge in [-0.05, 0) is 38.2 Å². The second-order valence-corrected chi connectivity index (χ2v) is 7.17. The number of carbonyl (C=O) groups excluding carboxylic acids is 3. The second-order valence-electron chi connectivity index (χ2n) is 6.18. The quantitative estimate of drug-likeness (QED) is 0.0861. The van der Waals surface area contributed by atoms with Gasteiger partial charge in [-0.25, -0.2) is 4.79 Å². The van der Waals surface area contributed by atoms with Gasteiger partial charge in [0.25, 0.3) is 0 Å². The maximum atomic E-state index is 12.6. The Hall–Kier alpha value is -2.54. The molecule has 0 aliphatic carbocycles. The zero-order valence-electron chi connectivity index (χ0n) is 16.6. The number of thioether (sulfide) groups is 1. The molecule has 0 aromatic heterocycles. The van der Waals surface area contributed by atoms with Crippen LogP contribution in [-0.4, -0.2) is 78.0 Å². The summed E-state index contributed by atoms with van der Waals surface area (Å²) in [7, 11) is 0. The van der Waals surface area contributed by atoms with Crippen LogP contribution in [0.3, 0.4) is 0 Å². The number of carboxylic acids is 1. The number of rotatable bonds is 14. The number of carbonyl (C=O) groups is 4. The van der Waals surface area contributed by atoms with Crippen molar-refractivity contribution in [2.24, 2.45) is 22.2 Å². The Morgan fingerprint density at radius 3 is 2.17 bits per heavy atom. The Balaban J connectivity index is 5.11. The summed E-state index contributed by atoms with van der Waals surface area (Å²) in [6, 6.07) is -3.03. The fraction of sp³-hybridized carbons (Fsp3) is 0.688. The van der Waals surface area contributed by atoms with Crippen molar-refractivity contribution in [3.05, 3.63) is 0 Å². The zero-order valence-corrected chi connectivity index (χ0v) is 17.5. The minimum Gasteiger partial charge on any atom is -0.480 e. The summed E-state index contributed by atoms with van der Waals surface area (Å²) in [5.41, 5.74) is 15.7. The maximum absolute atomic E-state index is 12.6. The molecule has 0 fully saturated rings. The van der Waals surface area contributed by atoms with Gasteiger partial charge in [0.2, 0.25) is 17.7 Å². The molecule has 0 radical (unpaired) electrons. The zero-order chi connectivity index (χ0) is 22.4. The highest BCUT2D eigenvalue weighted by Gasteiger charge is 2.27. The van der Waals surface area contributed by atoms with Crippen LogP contribution in [0.25, 0.3) is 0 Å². The van der Waals surface area contributed by atoms with Gasteiger partial charge >= 0.3 is 5.97 Å². The van der Waals surface area contributed by atoms with Gasteiger partial charge < -0.3 is 38.3 Å². The van der Waals surface area contributed by atoms with Gasteiger partial charge in [0.05, 0.1) is 6.54 Å². The van der Waals surface area contributed by atoms with Crippen LogP contribution in [-0.2, 0) is 19.2 Å². The second kappa shape index (κ2) is 14.5. The number of amides is 3. The molecule has 3 atom stereocenters. The standard InChI is InChI=1S/C16H31N7O5S/c1-9(21-12(24)8-17)13(25)22-10(4-3-6-20-16(18)19)14(26)23-11(15(27)28)5-7-29-2/h9-11H,3-8,17H2,1-2H3,(H,21,24)(H,22,25)(H,23,26)(H,27,28)(H4,18,19,20). The lowest BCUT2D eigenvalue weighted by Gasteiger charge is -2.23. The topological polar surface area (TPSA) is 215 Å². The van der Waals surface area contributed by atoms with Crippen molar-refractivity contribution < 1.29 is 24.3 Å². The predicted octanol–water partition coefficient (Wildman–Crippen LogP) is -2.69. The summed E-state index contributed by atoms with van der Waals surface area (Å²) >= 11 is 1.45. The molecule has 0 spiro atoms. The highest BCUT2D eigenvalue weighted by molar-refractivity contribution is 7.98. The number of guanidine groups is 1. The molecule has 13 heteroatoms. The van der Waals surface area contributed by atoms with Crippen LogP contribution >= 0.6 is 11.8 Å². The highest BCUT2D eigenvalue weighted by Crippen LogP contribution is 2.04. The number of nitrogens with zero attached hydrogens (tertiary/aromatic N) is 1. The summed E-state index contributed by atoms with van der Waals surface area (Å²) < 4.78 is 0. The Bertz CT molecular complexity index is 598. The molecule has 0 saturated carbocycles. The van der Waals surface area contributed by atoms with E-state index in [9.17, 15) is 24.3 Å². The van der Waals surface area contributed by atoms with E-state index in [1.54, 1.807) is 0 Å². The van der Waals surface area contributed by atoms with E-state index in [0.717, 1.165) is 0 Å². The molecule has 29 heavy (non-hydrogen) atoms. The largest absolute Gasteiger partial charge is 0.480 e. The average molecular weight is 434 g/mol. The first kappa shape index (κ1) is 26.5. The van der Waals surface area contributed by atoms with E-state index < -0.39 is 41.8 Å². The minimum atomic E-state index is -1.17. The summed E-state index contributed by atoms with van der Waals surface area (Å²) in [6.07, 6.45) is 2.59. The van der Waals surface area contributed by atoms with Crippen molar-refractivity contribution in [3.63, 3.8) is 0 Å². The van der Waals surface area contributed by atoms with E-state index in [1.165, 1.54) is 18.7 Å². The monoisotopic (exact) mass is 433 g/mol. The van der Waals surface area contributed by atoms with Gasteiger partial charge in [0.15, 0.2) is 5.96 Å². The lowest BCUT2D eigenvalue weighted by atomic mass is 10.1. The number of nitrogens with two attached hydrogens (primary N) is 3. The van der Waals surface area contributed by atoms with Gasteiger partial charge in [0, 0.05) is 6.54 Å². The van der Waals surface area contributed by atoms with E-state index in [0.29, 0.717) is 12.2 Å². The lowest BCUT2D eigenvalue weighted by molar-refractivity contribution is -0.142. The van der Waals surface area contributed by atoms with Crippen molar-refractivity contribution in [1.82, 2.24) is 16.0 Å². The van der Waals surface area contributed by atoms with Crippen molar-refractivity contribution in [2.45, 2.75) is 44.3 Å². The van der Waals surface area contributed by atoms with Crippen molar-refractivity contribution in [1.29, 1.82) is 0 Å². The Kier molecular flexibility index (Phi) is 13.2. The molecule has 0 aliphatic rings. The average Bonchev–Trinajstić information content (AvgIpc) is 2.66. The summed E-state index contributed by atoms with van der Waals surface area (Å²) in [6.45, 7) is 1.39. The number of nitrogens with one attached hydrogen (secondary N) is 3. The molecule has 0 aromatic carbocycles. The first-order chi connectivity index (χ1) is 13.6. The first-order valence-electron chi connectivity index (χ1n) is 8.99. The predicted molar refractivity (Wildman–Crippen MR) is 111 cm³/mol. The number of carboxylic acid groups (broad SMARTS) is 1. The fourth-order valence-electron chi connectivity index (χ4n) is 2.20. The minimum absolute atomic E-state index is 0.101. The SMILES string of the molecule is CSCCC(NC(=O)C(CCCN=C(N)N)NC(=O)C(C)NC(=O)CN)C(=O)O. The third-order valence-corrected chi connectivity index (χ3v) is 4.40. The lowest BCUT2D eigenvalue weighted by Crippen LogP contribution is -2.55. The van der Waals surface area contributed by atoms with E-state index in [2.05, 4.69) is 20.9 Å². The molecule has 0 rings (SSSR count). The fourth-order valence-corrected chi connectivity index (χ4v) is 2.67. The molecule has 12 nitrogen and oxygen atoms in total. The van der Waals surface area contributed by atoms with Crippen molar-refractivity contribution in [3.8, 4) is 0 Å². The van der Waals surface area contributed by atoms with Crippen molar-refractivity contribution >= 4 is 41.4 Å². The van der Waals surface area contributed by atoms with Crippen molar-refractivity contribution in [2.75, 3.05) is 25.1 Å². The molecule has 0 heterocycles. The molecule has 0 bridgehead atoms. The summed E-state index contributed by atoms with van der Waals surface area (Å²) in [5, 5.41) is 16.6. The van der Waals surface area contributed by atoms with Gasteiger partial charge in [-0.2, -0.15) is 11.8 Å². The molecular formula is C16H31N7O5S. The van der Waals surface area contributed by atoms with E-state index in [1.807, 2.05) is 6.26 Å². The highest BCUT2D eigenvalue weighted by atomic mass is 32.2. The Labute approximate surface area is 173 Å². The maximum Gasteiger partial charge on any atom is 0.326 e. The molecule has 0 aromatic rings. The Morgan fingerprint density at radius 2 is 1.66 bits per heavy atom. The molecule has 3 amide bonds. The van der Waals surface area contributed by atoms with Crippen LogP contribution in [0.4, 0.5) is 0 Å². The van der Waals surface area contributed by atoms with Gasteiger partial charge in [-0.15, -0.1) is 0 Å². The van der Waals surface area contributed by atoms with Crippen LogP contribution in [0.2, 0.25) is 0 Å². The third kappa shape index (κ3) is 11.8. The number of hydrogen-bond acceptors (Lipinski definition) is 7. The third-order valence-electron chi connectivity index (χ3n) is 3.76. The first-order valence-corrected chi connectivity index (χ1v) is 10.4. The van der Waals surface area contributed by atoms with Crippen LogP contribution in [0, 0.1) is 0 Å². The number of aliphatic imine (C=N–C) groups is 1. The van der Waals surface area contributed by atoms with Gasteiger partial charge in [-0.3, -0.25) is 19.4 Å². The number of aliphatic carboxylic acids is 1. The molecule has 10 N–H and O–H groups in total. The van der Waals surface area contributed by atoms with Crippen LogP contribution in [0.5, 0.6) is 0 Å². The molecule has 166 valence electrons. The number of hydrogen-bond donors (Lipinski definition) is 7. The van der Waals surface area contributed by atoms with Crippen LogP contribution in [0.15, 0.2) is 4.99 Å². The normalized spacial score (nSPS) is 13.5. The van der Waals surface area contributed by atoms with E-state index in [-0.39, 0.29) is 31.9 Å². The summed E-state index contributed by atoms with van der Waals surface area (Å²) in [5.74, 6) is -2.50. The molecule has 3 unspecified atom stereocenters. The summed E-state index contributed by atoms with van der Waals surface area (Å²) in [4.78, 5) is 51.4.